The minimum atomic E-state index is -0.459. The van der Waals surface area contributed by atoms with Gasteiger partial charge in [-0.05, 0) is 24.3 Å². The first-order valence-electron chi connectivity index (χ1n) is 4.49. The van der Waals surface area contributed by atoms with E-state index >= 15 is 0 Å². The fourth-order valence-electron chi connectivity index (χ4n) is 0.975. The van der Waals surface area contributed by atoms with Crippen LogP contribution in [0, 0.1) is 5.82 Å². The summed E-state index contributed by atoms with van der Waals surface area (Å²) in [4.78, 5) is 21.7. The van der Waals surface area contributed by atoms with Gasteiger partial charge in [-0.1, -0.05) is 0 Å². The number of nitrogens with one attached hydrogen (secondary N) is 1. The van der Waals surface area contributed by atoms with E-state index in [4.69, 9.17) is 5.73 Å². The van der Waals surface area contributed by atoms with Crippen LogP contribution in [0.1, 0.15) is 0 Å². The molecule has 0 heterocycles. The van der Waals surface area contributed by atoms with Crippen molar-refractivity contribution in [1.82, 2.24) is 0 Å². The van der Waals surface area contributed by atoms with Crippen LogP contribution in [0.2, 0.25) is 0 Å². The zero-order valence-electron chi connectivity index (χ0n) is 8.40. The van der Waals surface area contributed by atoms with E-state index in [1.54, 1.807) is 0 Å². The molecule has 0 bridgehead atoms. The fraction of sp³-hybridized carbons (Fsp3) is 0.200. The molecule has 0 aliphatic rings. The minimum Gasteiger partial charge on any atom is -0.369 e. The van der Waals surface area contributed by atoms with Crippen LogP contribution < -0.4 is 11.1 Å². The van der Waals surface area contributed by atoms with E-state index in [1.165, 1.54) is 24.3 Å². The highest BCUT2D eigenvalue weighted by atomic mass is 32.2. The molecule has 0 spiro atoms. The Morgan fingerprint density at radius 1 is 1.25 bits per heavy atom. The molecule has 0 fully saturated rings. The van der Waals surface area contributed by atoms with Crippen molar-refractivity contribution in [3.8, 4) is 0 Å². The van der Waals surface area contributed by atoms with Crippen LogP contribution in [0.15, 0.2) is 24.3 Å². The number of halogens is 1. The van der Waals surface area contributed by atoms with Crippen molar-refractivity contribution < 1.29 is 14.0 Å². The molecule has 1 rings (SSSR count). The topological polar surface area (TPSA) is 72.2 Å². The Morgan fingerprint density at radius 2 is 1.88 bits per heavy atom. The van der Waals surface area contributed by atoms with E-state index in [2.05, 4.69) is 5.32 Å². The maximum atomic E-state index is 12.5. The molecule has 0 aliphatic heterocycles. The Kier molecular flexibility index (Phi) is 4.78. The van der Waals surface area contributed by atoms with Gasteiger partial charge in [-0.3, -0.25) is 9.59 Å². The molecular weight excluding hydrogens is 231 g/mol. The highest BCUT2D eigenvalue weighted by Crippen LogP contribution is 2.09. The second-order valence-corrected chi connectivity index (χ2v) is 4.00. The number of amides is 2. The number of carbonyl (C=O) groups is 2. The van der Waals surface area contributed by atoms with Crippen molar-refractivity contribution in [2.24, 2.45) is 5.73 Å². The van der Waals surface area contributed by atoms with Gasteiger partial charge in [0.05, 0.1) is 11.5 Å². The van der Waals surface area contributed by atoms with Crippen LogP contribution in [-0.4, -0.2) is 23.3 Å². The summed E-state index contributed by atoms with van der Waals surface area (Å²) in [6, 6.07) is 5.44. The quantitative estimate of drug-likeness (QED) is 0.808. The molecule has 86 valence electrons. The molecule has 0 radical (unpaired) electrons. The molecule has 2 amide bonds. The second-order valence-electron chi connectivity index (χ2n) is 3.01. The zero-order chi connectivity index (χ0) is 12.0. The predicted octanol–water partition coefficient (Wildman–Crippen LogP) is 0.983. The number of nitrogens with two attached hydrogens (primary N) is 1. The van der Waals surface area contributed by atoms with Crippen molar-refractivity contribution in [1.29, 1.82) is 0 Å². The largest absolute Gasteiger partial charge is 0.369 e. The molecule has 0 unspecified atom stereocenters. The first-order chi connectivity index (χ1) is 7.58. The summed E-state index contributed by atoms with van der Waals surface area (Å²) >= 11 is 1.13. The number of carbonyl (C=O) groups excluding carboxylic acids is 2. The van der Waals surface area contributed by atoms with E-state index < -0.39 is 5.91 Å². The van der Waals surface area contributed by atoms with Gasteiger partial charge in [-0.25, -0.2) is 4.39 Å². The van der Waals surface area contributed by atoms with E-state index in [-0.39, 0.29) is 23.2 Å². The molecule has 4 nitrogen and oxygen atoms in total. The van der Waals surface area contributed by atoms with Gasteiger partial charge in [-0.2, -0.15) is 0 Å². The molecule has 1 aromatic carbocycles. The van der Waals surface area contributed by atoms with Gasteiger partial charge in [0.25, 0.3) is 0 Å². The van der Waals surface area contributed by atoms with Crippen molar-refractivity contribution in [2.75, 3.05) is 16.8 Å². The molecule has 3 N–H and O–H groups in total. The third-order valence-electron chi connectivity index (χ3n) is 1.61. The predicted molar refractivity (Wildman–Crippen MR) is 61.5 cm³/mol. The fourth-order valence-corrected chi connectivity index (χ4v) is 1.54. The summed E-state index contributed by atoms with van der Waals surface area (Å²) < 4.78 is 12.5. The monoisotopic (exact) mass is 242 g/mol. The molecular formula is C10H11FN2O2S. The lowest BCUT2D eigenvalue weighted by Crippen LogP contribution is -2.18. The second kappa shape index (κ2) is 6.12. The molecule has 6 heteroatoms. The van der Waals surface area contributed by atoms with Crippen LogP contribution >= 0.6 is 11.8 Å². The number of thioether (sulfide) groups is 1. The SMILES string of the molecule is NC(=O)CSCC(=O)Nc1ccc(F)cc1. The molecule has 0 aromatic heterocycles. The van der Waals surface area contributed by atoms with Gasteiger partial charge in [0, 0.05) is 5.69 Å². The van der Waals surface area contributed by atoms with Gasteiger partial charge in [0.2, 0.25) is 11.8 Å². The Labute approximate surface area is 96.4 Å². The summed E-state index contributed by atoms with van der Waals surface area (Å²) in [5.41, 5.74) is 5.43. The smallest absolute Gasteiger partial charge is 0.234 e. The number of hydrogen-bond donors (Lipinski definition) is 2. The van der Waals surface area contributed by atoms with E-state index in [0.717, 1.165) is 11.8 Å². The van der Waals surface area contributed by atoms with E-state index in [9.17, 15) is 14.0 Å². The number of hydrogen-bond acceptors (Lipinski definition) is 3. The molecule has 16 heavy (non-hydrogen) atoms. The lowest BCUT2D eigenvalue weighted by atomic mass is 10.3. The lowest BCUT2D eigenvalue weighted by Gasteiger charge is -2.03. The highest BCUT2D eigenvalue weighted by Gasteiger charge is 2.03. The molecule has 1 aromatic rings. The highest BCUT2D eigenvalue weighted by molar-refractivity contribution is 8.00. The lowest BCUT2D eigenvalue weighted by molar-refractivity contribution is -0.115. The van der Waals surface area contributed by atoms with Crippen molar-refractivity contribution in [2.45, 2.75) is 0 Å². The van der Waals surface area contributed by atoms with Crippen molar-refractivity contribution in [3.63, 3.8) is 0 Å². The summed E-state index contributed by atoms with van der Waals surface area (Å²) in [7, 11) is 0. The average Bonchev–Trinajstić information content (AvgIpc) is 2.21. The van der Waals surface area contributed by atoms with Gasteiger partial charge >= 0.3 is 0 Å². The number of primary amides is 1. The van der Waals surface area contributed by atoms with Crippen LogP contribution in [0.3, 0.4) is 0 Å². The number of benzene rings is 1. The standard InChI is InChI=1S/C10H11FN2O2S/c11-7-1-3-8(4-2-7)13-10(15)6-16-5-9(12)14/h1-4H,5-6H2,(H2,12,14)(H,13,15). The molecule has 0 saturated heterocycles. The number of anilines is 1. The zero-order valence-corrected chi connectivity index (χ0v) is 9.22. The minimum absolute atomic E-state index is 0.108. The van der Waals surface area contributed by atoms with E-state index in [0.29, 0.717) is 5.69 Å². The van der Waals surface area contributed by atoms with Crippen molar-refractivity contribution >= 4 is 29.3 Å². The molecule has 0 atom stereocenters. The molecule has 0 saturated carbocycles. The van der Waals surface area contributed by atoms with Crippen molar-refractivity contribution in [3.05, 3.63) is 30.1 Å². The van der Waals surface area contributed by atoms with E-state index in [1.807, 2.05) is 0 Å². The Morgan fingerprint density at radius 3 is 2.44 bits per heavy atom. The maximum absolute atomic E-state index is 12.5. The van der Waals surface area contributed by atoms with Crippen LogP contribution in [0.4, 0.5) is 10.1 Å². The Hall–Kier alpha value is -1.56. The number of rotatable bonds is 5. The van der Waals surface area contributed by atoms with Crippen LogP contribution in [0.25, 0.3) is 0 Å². The summed E-state index contributed by atoms with van der Waals surface area (Å²) in [5.74, 6) is -0.824. The van der Waals surface area contributed by atoms with Gasteiger partial charge in [0.15, 0.2) is 0 Å². The van der Waals surface area contributed by atoms with Gasteiger partial charge in [0.1, 0.15) is 5.82 Å². The van der Waals surface area contributed by atoms with Gasteiger partial charge < -0.3 is 11.1 Å². The third-order valence-corrected chi connectivity index (χ3v) is 2.56. The van der Waals surface area contributed by atoms with Crippen LogP contribution in [0.5, 0.6) is 0 Å². The summed E-state index contributed by atoms with van der Waals surface area (Å²) in [6.45, 7) is 0. The Balaban J connectivity index is 2.34. The maximum Gasteiger partial charge on any atom is 0.234 e. The average molecular weight is 242 g/mol. The normalized spacial score (nSPS) is 9.81. The summed E-state index contributed by atoms with van der Waals surface area (Å²) in [5, 5.41) is 2.56. The first kappa shape index (κ1) is 12.5. The molecule has 0 aliphatic carbocycles. The van der Waals surface area contributed by atoms with Crippen LogP contribution in [-0.2, 0) is 9.59 Å². The summed E-state index contributed by atoms with van der Waals surface area (Å²) in [6.07, 6.45) is 0. The first-order valence-corrected chi connectivity index (χ1v) is 5.65. The van der Waals surface area contributed by atoms with Gasteiger partial charge in [-0.15, -0.1) is 11.8 Å². The Bertz CT molecular complexity index is 381. The third kappa shape index (κ3) is 4.79.